The first-order valence-electron chi connectivity index (χ1n) is 4.36. The molecule has 0 saturated heterocycles. The molecular formula is C6H10F9N2O3S+. The molecule has 0 fully saturated rings. The van der Waals surface area contributed by atoms with Crippen LogP contribution < -0.4 is 10.9 Å². The van der Waals surface area contributed by atoms with Crippen molar-refractivity contribution in [1.82, 2.24) is 10.9 Å². The molecule has 0 amide bonds. The fourth-order valence-electron chi connectivity index (χ4n) is 0.800. The summed E-state index contributed by atoms with van der Waals surface area (Å²) in [5.74, 6) is -14.6. The molecule has 0 unspecified atom stereocenters. The summed E-state index contributed by atoms with van der Waals surface area (Å²) in [7, 11) is -6.60. The maximum atomic E-state index is 12.9. The van der Waals surface area contributed by atoms with Crippen LogP contribution in [0.4, 0.5) is 39.5 Å². The molecule has 0 aromatic rings. The van der Waals surface area contributed by atoms with Crippen molar-refractivity contribution in [2.45, 2.75) is 23.3 Å². The van der Waals surface area contributed by atoms with Crippen LogP contribution in [0.5, 0.6) is 0 Å². The van der Waals surface area contributed by atoms with Crippen LogP contribution in [0.3, 0.4) is 0 Å². The quantitative estimate of drug-likeness (QED) is 0.628. The van der Waals surface area contributed by atoms with Gasteiger partial charge in [0.25, 0.3) is 10.0 Å². The SMILES string of the molecule is O=S(=O)(NCCO)C(F)(F)C(F)(F)C(F)(F)C(F)(F)F.[NH4+]. The standard InChI is InChI=1S/C6H6F9NO3S.H3N/c7-3(8,5(11,12)13)4(9,10)6(14,15)20(18,19)16-1-2-17;/h16-17H,1-2H2;1H3/p+1. The molecule has 0 aliphatic carbocycles. The minimum Gasteiger partial charge on any atom is -0.395 e. The fourth-order valence-corrected chi connectivity index (χ4v) is 1.81. The van der Waals surface area contributed by atoms with Gasteiger partial charge in [-0.2, -0.15) is 39.5 Å². The summed E-state index contributed by atoms with van der Waals surface area (Å²) in [6.07, 6.45) is -7.10. The Morgan fingerprint density at radius 1 is 0.857 bits per heavy atom. The maximum absolute atomic E-state index is 12.9. The molecule has 0 atom stereocenters. The highest BCUT2D eigenvalue weighted by molar-refractivity contribution is 7.90. The monoisotopic (exact) mass is 361 g/mol. The lowest BCUT2D eigenvalue weighted by Gasteiger charge is -2.32. The Hall–Kier alpha value is -0.800. The Labute approximate surface area is 111 Å². The fraction of sp³-hybridized carbons (Fsp3) is 1.00. The van der Waals surface area contributed by atoms with Gasteiger partial charge < -0.3 is 11.3 Å². The van der Waals surface area contributed by atoms with Crippen LogP contribution in [-0.4, -0.2) is 50.0 Å². The van der Waals surface area contributed by atoms with Gasteiger partial charge in [-0.25, -0.2) is 13.1 Å². The predicted octanol–water partition coefficient (Wildman–Crippen LogP) is 1.70. The largest absolute Gasteiger partial charge is 0.460 e. The van der Waals surface area contributed by atoms with Gasteiger partial charge in [0.15, 0.2) is 0 Å². The number of alkyl halides is 9. The van der Waals surface area contributed by atoms with E-state index < -0.39 is 46.5 Å². The molecule has 15 heteroatoms. The second-order valence-electron chi connectivity index (χ2n) is 3.28. The summed E-state index contributed by atoms with van der Waals surface area (Å²) in [4.78, 5) is 0. The van der Waals surface area contributed by atoms with Gasteiger partial charge in [0.05, 0.1) is 6.61 Å². The van der Waals surface area contributed by atoms with E-state index in [1.807, 2.05) is 0 Å². The van der Waals surface area contributed by atoms with E-state index in [2.05, 4.69) is 0 Å². The summed E-state index contributed by atoms with van der Waals surface area (Å²) >= 11 is 0. The van der Waals surface area contributed by atoms with Crippen molar-refractivity contribution in [2.24, 2.45) is 0 Å². The Bertz CT molecular complexity index is 447. The zero-order valence-electron chi connectivity index (χ0n) is 9.99. The van der Waals surface area contributed by atoms with Crippen LogP contribution in [0.2, 0.25) is 0 Å². The van der Waals surface area contributed by atoms with E-state index >= 15 is 0 Å². The number of rotatable bonds is 6. The van der Waals surface area contributed by atoms with Gasteiger partial charge in [0.2, 0.25) is 0 Å². The van der Waals surface area contributed by atoms with Crippen LogP contribution in [0.15, 0.2) is 0 Å². The Morgan fingerprint density at radius 2 is 1.24 bits per heavy atom. The van der Waals surface area contributed by atoms with Crippen molar-refractivity contribution in [3.05, 3.63) is 0 Å². The van der Waals surface area contributed by atoms with Crippen LogP contribution >= 0.6 is 0 Å². The topological polar surface area (TPSA) is 103 Å². The first-order valence-corrected chi connectivity index (χ1v) is 5.85. The van der Waals surface area contributed by atoms with Crippen LogP contribution in [0.1, 0.15) is 0 Å². The van der Waals surface area contributed by atoms with Gasteiger partial charge in [0, 0.05) is 6.54 Å². The molecule has 0 aromatic carbocycles. The summed E-state index contributed by atoms with van der Waals surface area (Å²) in [5.41, 5.74) is 0. The van der Waals surface area contributed by atoms with Crippen LogP contribution in [0.25, 0.3) is 0 Å². The van der Waals surface area contributed by atoms with Gasteiger partial charge in [-0.15, -0.1) is 0 Å². The van der Waals surface area contributed by atoms with Crippen molar-refractivity contribution < 1.29 is 53.0 Å². The molecule has 0 heterocycles. The first kappa shape index (κ1) is 22.5. The van der Waals surface area contributed by atoms with Gasteiger partial charge in [-0.05, 0) is 0 Å². The average Bonchev–Trinajstić information content (AvgIpc) is 2.24. The molecule has 0 spiro atoms. The average molecular weight is 361 g/mol. The molecule has 0 aliphatic heterocycles. The number of hydrogen-bond donors (Lipinski definition) is 3. The Morgan fingerprint density at radius 3 is 1.52 bits per heavy atom. The summed E-state index contributed by atoms with van der Waals surface area (Å²) in [6, 6.07) is 0. The predicted molar refractivity (Wildman–Crippen MR) is 50.9 cm³/mol. The van der Waals surface area contributed by atoms with Crippen molar-refractivity contribution in [1.29, 1.82) is 0 Å². The zero-order valence-corrected chi connectivity index (χ0v) is 10.8. The van der Waals surface area contributed by atoms with Crippen molar-refractivity contribution >= 4 is 10.0 Å². The minimum absolute atomic E-state index is 0. The second kappa shape index (κ2) is 6.13. The smallest absolute Gasteiger partial charge is 0.395 e. The third kappa shape index (κ3) is 3.51. The normalized spacial score (nSPS) is 14.8. The molecule has 0 rings (SSSR count). The molecule has 0 aromatic heterocycles. The Balaban J connectivity index is 0. The molecular weight excluding hydrogens is 351 g/mol. The number of aliphatic hydroxyl groups excluding tert-OH is 1. The van der Waals surface area contributed by atoms with Gasteiger partial charge in [-0.1, -0.05) is 0 Å². The number of nitrogens with one attached hydrogen (secondary N) is 1. The van der Waals surface area contributed by atoms with Gasteiger partial charge in [-0.3, -0.25) is 0 Å². The second-order valence-corrected chi connectivity index (χ2v) is 5.09. The summed E-state index contributed by atoms with van der Waals surface area (Å²) in [5, 5.41) is 1.33. The lowest BCUT2D eigenvalue weighted by atomic mass is 10.1. The number of hydrogen-bond acceptors (Lipinski definition) is 3. The van der Waals surface area contributed by atoms with Crippen molar-refractivity contribution in [3.8, 4) is 0 Å². The molecule has 0 saturated carbocycles. The van der Waals surface area contributed by atoms with E-state index in [1.54, 1.807) is 0 Å². The summed E-state index contributed by atoms with van der Waals surface area (Å²) < 4.78 is 133. The zero-order chi connectivity index (χ0) is 16.6. The molecule has 130 valence electrons. The van der Waals surface area contributed by atoms with Crippen molar-refractivity contribution in [2.75, 3.05) is 13.2 Å². The maximum Gasteiger partial charge on any atom is 0.460 e. The van der Waals surface area contributed by atoms with E-state index in [0.29, 0.717) is 4.72 Å². The van der Waals surface area contributed by atoms with Crippen LogP contribution in [0, 0.1) is 0 Å². The minimum atomic E-state index is -7.29. The van der Waals surface area contributed by atoms with E-state index in [9.17, 15) is 47.9 Å². The lowest BCUT2D eigenvalue weighted by Crippen LogP contribution is -2.65. The van der Waals surface area contributed by atoms with Gasteiger partial charge in [0.1, 0.15) is 0 Å². The third-order valence-corrected chi connectivity index (χ3v) is 3.37. The first-order chi connectivity index (χ1) is 8.56. The molecule has 5 nitrogen and oxygen atoms in total. The number of quaternary nitrogens is 1. The highest BCUT2D eigenvalue weighted by Crippen LogP contribution is 2.54. The third-order valence-electron chi connectivity index (χ3n) is 1.86. The molecule has 6 N–H and O–H groups in total. The summed E-state index contributed by atoms with van der Waals surface area (Å²) in [6.45, 7) is -2.47. The molecule has 0 aliphatic rings. The number of halogens is 9. The van der Waals surface area contributed by atoms with E-state index in [-0.39, 0.29) is 6.15 Å². The molecule has 0 bridgehead atoms. The number of aliphatic hydroxyl groups is 1. The van der Waals surface area contributed by atoms with E-state index in [4.69, 9.17) is 5.11 Å². The Kier molecular flexibility index (Phi) is 6.57. The van der Waals surface area contributed by atoms with E-state index in [0.717, 1.165) is 0 Å². The highest BCUT2D eigenvalue weighted by atomic mass is 32.2. The lowest BCUT2D eigenvalue weighted by molar-refractivity contribution is -0.382. The van der Waals surface area contributed by atoms with Gasteiger partial charge >= 0.3 is 23.3 Å². The van der Waals surface area contributed by atoms with Crippen LogP contribution in [-0.2, 0) is 10.0 Å². The number of sulfonamides is 1. The molecule has 21 heavy (non-hydrogen) atoms. The molecule has 0 radical (unpaired) electrons. The highest BCUT2D eigenvalue weighted by Gasteiger charge is 2.85. The van der Waals surface area contributed by atoms with E-state index in [1.165, 1.54) is 0 Å². The van der Waals surface area contributed by atoms with Crippen molar-refractivity contribution in [3.63, 3.8) is 0 Å².